The van der Waals surface area contributed by atoms with E-state index in [0.717, 1.165) is 49.7 Å². The lowest BCUT2D eigenvalue weighted by molar-refractivity contribution is 0.0936. The predicted molar refractivity (Wildman–Crippen MR) is 77.5 cm³/mol. The molecule has 1 aliphatic heterocycles. The number of aromatic nitrogens is 2. The maximum Gasteiger partial charge on any atom is 0.0834 e. The highest BCUT2D eigenvalue weighted by Crippen LogP contribution is 2.29. The summed E-state index contributed by atoms with van der Waals surface area (Å²) in [4.78, 5) is 0. The van der Waals surface area contributed by atoms with Crippen molar-refractivity contribution in [2.24, 2.45) is 0 Å². The van der Waals surface area contributed by atoms with E-state index in [-0.39, 0.29) is 6.04 Å². The number of nitrogens with zero attached hydrogens (tertiary/aromatic N) is 2. The molecule has 2 atom stereocenters. The molecule has 108 valence electrons. The van der Waals surface area contributed by atoms with Crippen LogP contribution >= 0.6 is 11.6 Å². The third-order valence-corrected chi connectivity index (χ3v) is 3.92. The van der Waals surface area contributed by atoms with E-state index in [1.165, 1.54) is 6.42 Å². The van der Waals surface area contributed by atoms with Crippen LogP contribution in [0.2, 0.25) is 5.02 Å². The average Bonchev–Trinajstić information content (AvgIpc) is 3.04. The van der Waals surface area contributed by atoms with Gasteiger partial charge in [-0.3, -0.25) is 4.68 Å². The van der Waals surface area contributed by atoms with Crippen LogP contribution in [0, 0.1) is 0 Å². The largest absolute Gasteiger partial charge is 0.378 e. The normalized spacial score (nSPS) is 20.9. The van der Waals surface area contributed by atoms with Crippen molar-refractivity contribution in [1.29, 1.82) is 0 Å². The van der Waals surface area contributed by atoms with Gasteiger partial charge in [0.2, 0.25) is 0 Å². The fourth-order valence-electron chi connectivity index (χ4n) is 2.67. The van der Waals surface area contributed by atoms with Crippen molar-refractivity contribution in [2.45, 2.75) is 58.2 Å². The minimum Gasteiger partial charge on any atom is -0.378 e. The molecule has 1 aromatic rings. The van der Waals surface area contributed by atoms with E-state index < -0.39 is 0 Å². The van der Waals surface area contributed by atoms with Gasteiger partial charge in [0, 0.05) is 13.2 Å². The minimum atomic E-state index is 0.234. The average molecular weight is 286 g/mol. The molecule has 5 heteroatoms. The van der Waals surface area contributed by atoms with E-state index in [2.05, 4.69) is 24.3 Å². The second-order valence-corrected chi connectivity index (χ2v) is 5.48. The highest BCUT2D eigenvalue weighted by molar-refractivity contribution is 6.31. The van der Waals surface area contributed by atoms with Crippen LogP contribution in [0.25, 0.3) is 0 Å². The standard InChI is InChI=1S/C14H24ClN3O/c1-3-7-16-13(9-11-6-5-8-19-11)14-12(15)10-17-18(14)4-2/h10-11,13,16H,3-9H2,1-2H3. The van der Waals surface area contributed by atoms with Crippen LogP contribution in [0.5, 0.6) is 0 Å². The first-order valence-corrected chi connectivity index (χ1v) is 7.70. The van der Waals surface area contributed by atoms with Gasteiger partial charge in [0.1, 0.15) is 0 Å². The maximum absolute atomic E-state index is 6.32. The van der Waals surface area contributed by atoms with Gasteiger partial charge < -0.3 is 10.1 Å². The number of aryl methyl sites for hydroxylation is 1. The molecule has 1 saturated heterocycles. The van der Waals surface area contributed by atoms with Gasteiger partial charge in [-0.05, 0) is 39.2 Å². The zero-order chi connectivity index (χ0) is 13.7. The zero-order valence-electron chi connectivity index (χ0n) is 11.9. The van der Waals surface area contributed by atoms with Gasteiger partial charge in [0.25, 0.3) is 0 Å². The van der Waals surface area contributed by atoms with Crippen LogP contribution in [0.3, 0.4) is 0 Å². The SMILES string of the molecule is CCCNC(CC1CCCO1)c1c(Cl)cnn1CC. The fourth-order valence-corrected chi connectivity index (χ4v) is 2.95. The number of ether oxygens (including phenoxy) is 1. The molecule has 4 nitrogen and oxygen atoms in total. The Labute approximate surface area is 120 Å². The van der Waals surface area contributed by atoms with Crippen molar-refractivity contribution in [3.63, 3.8) is 0 Å². The van der Waals surface area contributed by atoms with E-state index in [1.54, 1.807) is 6.20 Å². The summed E-state index contributed by atoms with van der Waals surface area (Å²) >= 11 is 6.32. The predicted octanol–water partition coefficient (Wildman–Crippen LogP) is 3.17. The molecule has 0 saturated carbocycles. The molecule has 0 amide bonds. The topological polar surface area (TPSA) is 39.1 Å². The van der Waals surface area contributed by atoms with Crippen molar-refractivity contribution < 1.29 is 4.74 Å². The first-order valence-electron chi connectivity index (χ1n) is 7.32. The summed E-state index contributed by atoms with van der Waals surface area (Å²) < 4.78 is 7.75. The van der Waals surface area contributed by atoms with Gasteiger partial charge >= 0.3 is 0 Å². The molecular formula is C14H24ClN3O. The summed E-state index contributed by atoms with van der Waals surface area (Å²) in [6, 6.07) is 0.234. The van der Waals surface area contributed by atoms with Gasteiger partial charge in [-0.15, -0.1) is 0 Å². The second-order valence-electron chi connectivity index (χ2n) is 5.07. The number of hydrogen-bond acceptors (Lipinski definition) is 3. The Bertz CT molecular complexity index is 388. The van der Waals surface area contributed by atoms with Crippen LogP contribution in [0.1, 0.15) is 51.3 Å². The third-order valence-electron chi connectivity index (χ3n) is 3.63. The van der Waals surface area contributed by atoms with Crippen molar-refractivity contribution in [3.05, 3.63) is 16.9 Å². The molecule has 2 rings (SSSR count). The van der Waals surface area contributed by atoms with E-state index >= 15 is 0 Å². The summed E-state index contributed by atoms with van der Waals surface area (Å²) in [5, 5.41) is 8.69. The molecule has 1 aromatic heterocycles. The molecule has 2 unspecified atom stereocenters. The van der Waals surface area contributed by atoms with E-state index in [9.17, 15) is 0 Å². The van der Waals surface area contributed by atoms with Gasteiger partial charge in [0.15, 0.2) is 0 Å². The van der Waals surface area contributed by atoms with Crippen molar-refractivity contribution >= 4 is 11.6 Å². The molecule has 0 aromatic carbocycles. The third kappa shape index (κ3) is 3.71. The Morgan fingerprint density at radius 1 is 1.58 bits per heavy atom. The zero-order valence-corrected chi connectivity index (χ0v) is 12.6. The van der Waals surface area contributed by atoms with Crippen molar-refractivity contribution in [2.75, 3.05) is 13.2 Å². The Morgan fingerprint density at radius 2 is 2.42 bits per heavy atom. The molecule has 1 fully saturated rings. The van der Waals surface area contributed by atoms with E-state index in [4.69, 9.17) is 16.3 Å². The van der Waals surface area contributed by atoms with Crippen LogP contribution in [-0.4, -0.2) is 29.0 Å². The summed E-state index contributed by atoms with van der Waals surface area (Å²) in [5.41, 5.74) is 1.10. The Hall–Kier alpha value is -0.580. The lowest BCUT2D eigenvalue weighted by Crippen LogP contribution is -2.28. The quantitative estimate of drug-likeness (QED) is 0.836. The molecule has 19 heavy (non-hydrogen) atoms. The summed E-state index contributed by atoms with van der Waals surface area (Å²) in [6.07, 6.45) is 6.52. The Balaban J connectivity index is 2.12. The number of rotatable bonds is 7. The number of halogens is 1. The molecule has 1 aliphatic rings. The van der Waals surface area contributed by atoms with Crippen molar-refractivity contribution in [3.8, 4) is 0 Å². The lowest BCUT2D eigenvalue weighted by Gasteiger charge is -2.23. The lowest BCUT2D eigenvalue weighted by atomic mass is 10.0. The molecule has 1 N–H and O–H groups in total. The monoisotopic (exact) mass is 285 g/mol. The van der Waals surface area contributed by atoms with Crippen molar-refractivity contribution in [1.82, 2.24) is 15.1 Å². The van der Waals surface area contributed by atoms with Crippen LogP contribution < -0.4 is 5.32 Å². The fraction of sp³-hybridized carbons (Fsp3) is 0.786. The molecule has 0 spiro atoms. The first-order chi connectivity index (χ1) is 9.26. The maximum atomic E-state index is 6.32. The van der Waals surface area contributed by atoms with Gasteiger partial charge in [-0.2, -0.15) is 5.10 Å². The van der Waals surface area contributed by atoms with Gasteiger partial charge in [0.05, 0.1) is 29.1 Å². The summed E-state index contributed by atoms with van der Waals surface area (Å²) in [7, 11) is 0. The minimum absolute atomic E-state index is 0.234. The van der Waals surface area contributed by atoms with Crippen LogP contribution in [0.4, 0.5) is 0 Å². The summed E-state index contributed by atoms with van der Waals surface area (Å²) in [6.45, 7) is 7.00. The van der Waals surface area contributed by atoms with Crippen LogP contribution in [0.15, 0.2) is 6.20 Å². The van der Waals surface area contributed by atoms with E-state index in [1.807, 2.05) is 4.68 Å². The molecule has 0 bridgehead atoms. The Kier molecular flexibility index (Phi) is 5.67. The van der Waals surface area contributed by atoms with Gasteiger partial charge in [-0.1, -0.05) is 18.5 Å². The molecular weight excluding hydrogens is 262 g/mol. The molecule has 0 aliphatic carbocycles. The number of hydrogen-bond donors (Lipinski definition) is 1. The summed E-state index contributed by atoms with van der Waals surface area (Å²) in [5.74, 6) is 0. The number of nitrogens with one attached hydrogen (secondary N) is 1. The smallest absolute Gasteiger partial charge is 0.0834 e. The highest BCUT2D eigenvalue weighted by Gasteiger charge is 2.25. The van der Waals surface area contributed by atoms with Gasteiger partial charge in [-0.25, -0.2) is 0 Å². The second kappa shape index (κ2) is 7.27. The molecule has 2 heterocycles. The Morgan fingerprint density at radius 3 is 3.05 bits per heavy atom. The first kappa shape index (κ1) is 14.8. The van der Waals surface area contributed by atoms with E-state index in [0.29, 0.717) is 6.10 Å². The van der Waals surface area contributed by atoms with Crippen LogP contribution in [-0.2, 0) is 11.3 Å². The molecule has 0 radical (unpaired) electrons. The highest BCUT2D eigenvalue weighted by atomic mass is 35.5.